The molecule has 0 atom stereocenters. The standard InChI is InChI=1S/C30H19ClN2O2/c31-25-11-5-3-10-23(25)28-15-16-29(35-28)27-18-24(22-9-4-6-12-26(22)33-27)30(34)32-21-14-13-19-7-1-2-8-20(19)17-21/h1-18H,(H,32,34). The van der Waals surface area contributed by atoms with Crippen molar-refractivity contribution in [3.8, 4) is 22.8 Å². The first-order valence-corrected chi connectivity index (χ1v) is 11.6. The highest BCUT2D eigenvalue weighted by atomic mass is 35.5. The van der Waals surface area contributed by atoms with Crippen LogP contribution < -0.4 is 5.32 Å². The van der Waals surface area contributed by atoms with Crippen molar-refractivity contribution in [2.75, 3.05) is 5.32 Å². The molecule has 4 aromatic carbocycles. The van der Waals surface area contributed by atoms with Gasteiger partial charge in [-0.05, 0) is 59.3 Å². The molecule has 0 spiro atoms. The summed E-state index contributed by atoms with van der Waals surface area (Å²) < 4.78 is 6.11. The number of benzene rings is 4. The monoisotopic (exact) mass is 474 g/mol. The highest BCUT2D eigenvalue weighted by molar-refractivity contribution is 6.33. The summed E-state index contributed by atoms with van der Waals surface area (Å²) in [4.78, 5) is 18.2. The molecular weight excluding hydrogens is 456 g/mol. The van der Waals surface area contributed by atoms with Gasteiger partial charge < -0.3 is 9.73 Å². The maximum absolute atomic E-state index is 13.4. The zero-order valence-electron chi connectivity index (χ0n) is 18.5. The lowest BCUT2D eigenvalue weighted by atomic mass is 10.1. The zero-order valence-corrected chi connectivity index (χ0v) is 19.3. The Morgan fingerprint density at radius 3 is 2.37 bits per heavy atom. The lowest BCUT2D eigenvalue weighted by Crippen LogP contribution is -2.13. The van der Waals surface area contributed by atoms with Gasteiger partial charge in [0, 0.05) is 16.6 Å². The summed E-state index contributed by atoms with van der Waals surface area (Å²) in [6, 6.07) is 34.5. The predicted molar refractivity (Wildman–Crippen MR) is 142 cm³/mol. The van der Waals surface area contributed by atoms with Crippen LogP contribution in [-0.2, 0) is 0 Å². The second-order valence-corrected chi connectivity index (χ2v) is 8.64. The van der Waals surface area contributed by atoms with Crippen molar-refractivity contribution in [2.45, 2.75) is 0 Å². The Hall–Kier alpha value is -4.41. The fraction of sp³-hybridized carbons (Fsp3) is 0. The van der Waals surface area contributed by atoms with Gasteiger partial charge in [-0.15, -0.1) is 0 Å². The zero-order chi connectivity index (χ0) is 23.8. The largest absolute Gasteiger partial charge is 0.454 e. The number of carbonyl (C=O) groups excluding carboxylic acids is 1. The minimum absolute atomic E-state index is 0.210. The lowest BCUT2D eigenvalue weighted by Gasteiger charge is -2.10. The van der Waals surface area contributed by atoms with E-state index in [0.29, 0.717) is 33.3 Å². The third-order valence-electron chi connectivity index (χ3n) is 5.97. The Morgan fingerprint density at radius 2 is 1.49 bits per heavy atom. The van der Waals surface area contributed by atoms with Gasteiger partial charge in [-0.25, -0.2) is 4.98 Å². The fourth-order valence-electron chi connectivity index (χ4n) is 4.24. The van der Waals surface area contributed by atoms with Gasteiger partial charge in [-0.2, -0.15) is 0 Å². The van der Waals surface area contributed by atoms with Crippen LogP contribution in [0.2, 0.25) is 5.02 Å². The number of nitrogens with one attached hydrogen (secondary N) is 1. The van der Waals surface area contributed by atoms with Crippen molar-refractivity contribution in [3.63, 3.8) is 0 Å². The van der Waals surface area contributed by atoms with Gasteiger partial charge in [0.1, 0.15) is 11.5 Å². The van der Waals surface area contributed by atoms with Gasteiger partial charge in [-0.3, -0.25) is 4.79 Å². The number of para-hydroxylation sites is 1. The van der Waals surface area contributed by atoms with E-state index in [1.165, 1.54) is 0 Å². The molecule has 0 aliphatic rings. The molecule has 1 amide bonds. The molecule has 4 nitrogen and oxygen atoms in total. The number of amides is 1. The van der Waals surface area contributed by atoms with E-state index in [4.69, 9.17) is 21.0 Å². The highest BCUT2D eigenvalue weighted by Crippen LogP contribution is 2.33. The van der Waals surface area contributed by atoms with Gasteiger partial charge in [0.25, 0.3) is 5.91 Å². The maximum atomic E-state index is 13.4. The van der Waals surface area contributed by atoms with Crippen LogP contribution >= 0.6 is 11.6 Å². The summed E-state index contributed by atoms with van der Waals surface area (Å²) in [6.07, 6.45) is 0. The second kappa shape index (κ2) is 8.75. The van der Waals surface area contributed by atoms with Crippen LogP contribution in [0.1, 0.15) is 10.4 Å². The van der Waals surface area contributed by atoms with E-state index in [-0.39, 0.29) is 5.91 Å². The number of aromatic nitrogens is 1. The van der Waals surface area contributed by atoms with Crippen molar-refractivity contribution >= 4 is 44.9 Å². The number of hydrogen-bond acceptors (Lipinski definition) is 3. The summed E-state index contributed by atoms with van der Waals surface area (Å²) in [7, 11) is 0. The number of halogens is 1. The van der Waals surface area contributed by atoms with E-state index in [0.717, 1.165) is 27.4 Å². The molecule has 2 aromatic heterocycles. The first-order chi connectivity index (χ1) is 17.2. The Labute approximate surface area is 206 Å². The number of furan rings is 1. The Balaban J connectivity index is 1.40. The topological polar surface area (TPSA) is 55.1 Å². The van der Waals surface area contributed by atoms with Crippen LogP contribution in [-0.4, -0.2) is 10.9 Å². The summed E-state index contributed by atoms with van der Waals surface area (Å²) in [5.74, 6) is 0.992. The number of fused-ring (bicyclic) bond motifs is 2. The highest BCUT2D eigenvalue weighted by Gasteiger charge is 2.17. The molecular formula is C30H19ClN2O2. The molecule has 35 heavy (non-hydrogen) atoms. The van der Waals surface area contributed by atoms with E-state index in [1.807, 2.05) is 103 Å². The predicted octanol–water partition coefficient (Wildman–Crippen LogP) is 8.22. The Morgan fingerprint density at radius 1 is 0.743 bits per heavy atom. The minimum atomic E-state index is -0.210. The van der Waals surface area contributed by atoms with Crippen molar-refractivity contribution in [1.29, 1.82) is 0 Å². The van der Waals surface area contributed by atoms with Crippen LogP contribution in [0.15, 0.2) is 114 Å². The van der Waals surface area contributed by atoms with Crippen LogP contribution in [0, 0.1) is 0 Å². The number of hydrogen-bond donors (Lipinski definition) is 1. The lowest BCUT2D eigenvalue weighted by molar-refractivity contribution is 0.102. The molecule has 0 fully saturated rings. The van der Waals surface area contributed by atoms with E-state index in [2.05, 4.69) is 5.32 Å². The van der Waals surface area contributed by atoms with Gasteiger partial charge in [0.05, 0.1) is 16.1 Å². The number of pyridine rings is 1. The van der Waals surface area contributed by atoms with E-state index in [1.54, 1.807) is 6.07 Å². The molecule has 0 aliphatic heterocycles. The molecule has 0 radical (unpaired) electrons. The molecule has 0 unspecified atom stereocenters. The van der Waals surface area contributed by atoms with Crippen LogP contribution in [0.5, 0.6) is 0 Å². The van der Waals surface area contributed by atoms with Crippen molar-refractivity contribution < 1.29 is 9.21 Å². The van der Waals surface area contributed by atoms with E-state index in [9.17, 15) is 4.79 Å². The molecule has 6 rings (SSSR count). The third-order valence-corrected chi connectivity index (χ3v) is 6.30. The summed E-state index contributed by atoms with van der Waals surface area (Å²) in [5.41, 5.74) is 3.34. The van der Waals surface area contributed by atoms with Crippen LogP contribution in [0.4, 0.5) is 5.69 Å². The van der Waals surface area contributed by atoms with Gasteiger partial charge in [0.2, 0.25) is 0 Å². The average Bonchev–Trinajstić information content (AvgIpc) is 3.38. The first kappa shape index (κ1) is 21.1. The van der Waals surface area contributed by atoms with Crippen LogP contribution in [0.3, 0.4) is 0 Å². The summed E-state index contributed by atoms with van der Waals surface area (Å²) in [6.45, 7) is 0. The fourth-order valence-corrected chi connectivity index (χ4v) is 4.47. The third kappa shape index (κ3) is 4.05. The van der Waals surface area contributed by atoms with Gasteiger partial charge >= 0.3 is 0 Å². The number of carbonyl (C=O) groups is 1. The van der Waals surface area contributed by atoms with E-state index >= 15 is 0 Å². The second-order valence-electron chi connectivity index (χ2n) is 8.23. The molecule has 168 valence electrons. The van der Waals surface area contributed by atoms with Gasteiger partial charge in [-0.1, -0.05) is 72.3 Å². The van der Waals surface area contributed by atoms with Crippen LogP contribution in [0.25, 0.3) is 44.5 Å². The molecule has 0 saturated heterocycles. The first-order valence-electron chi connectivity index (χ1n) is 11.2. The van der Waals surface area contributed by atoms with Crippen molar-refractivity contribution in [1.82, 2.24) is 4.98 Å². The van der Waals surface area contributed by atoms with Crippen molar-refractivity contribution in [3.05, 3.63) is 120 Å². The SMILES string of the molecule is O=C(Nc1ccc2ccccc2c1)c1cc(-c2ccc(-c3ccccc3Cl)o2)nc2ccccc12. The molecule has 0 saturated carbocycles. The quantitative estimate of drug-likeness (QED) is 0.280. The number of nitrogens with zero attached hydrogens (tertiary/aromatic N) is 1. The Bertz CT molecular complexity index is 1720. The van der Waals surface area contributed by atoms with Gasteiger partial charge in [0.15, 0.2) is 5.76 Å². The maximum Gasteiger partial charge on any atom is 0.256 e. The molecule has 0 bridgehead atoms. The molecule has 6 aromatic rings. The number of rotatable bonds is 4. The number of anilines is 1. The molecule has 1 N–H and O–H groups in total. The summed E-state index contributed by atoms with van der Waals surface area (Å²) >= 11 is 6.34. The average molecular weight is 475 g/mol. The Kier molecular flexibility index (Phi) is 5.28. The van der Waals surface area contributed by atoms with Crippen molar-refractivity contribution in [2.24, 2.45) is 0 Å². The minimum Gasteiger partial charge on any atom is -0.454 e. The molecule has 5 heteroatoms. The summed E-state index contributed by atoms with van der Waals surface area (Å²) in [5, 5.41) is 6.61. The molecule has 2 heterocycles. The smallest absolute Gasteiger partial charge is 0.256 e. The van der Waals surface area contributed by atoms with E-state index < -0.39 is 0 Å². The normalized spacial score (nSPS) is 11.1. The molecule has 0 aliphatic carbocycles.